The third kappa shape index (κ3) is 2.52. The molecule has 3 aromatic rings. The van der Waals surface area contributed by atoms with Gasteiger partial charge in [0.25, 0.3) is 0 Å². The lowest BCUT2D eigenvalue weighted by Crippen LogP contribution is -2.19. The van der Waals surface area contributed by atoms with Gasteiger partial charge in [-0.25, -0.2) is 0 Å². The Labute approximate surface area is 124 Å². The van der Waals surface area contributed by atoms with E-state index in [2.05, 4.69) is 27.2 Å². The molecule has 0 bridgehead atoms. The Bertz CT molecular complexity index is 783. The van der Waals surface area contributed by atoms with Crippen LogP contribution >= 0.6 is 0 Å². The van der Waals surface area contributed by atoms with Gasteiger partial charge in [0.05, 0.1) is 5.69 Å². The van der Waals surface area contributed by atoms with Crippen LogP contribution in [0.5, 0.6) is 0 Å². The molecule has 2 N–H and O–H groups in total. The van der Waals surface area contributed by atoms with E-state index in [4.69, 9.17) is 5.73 Å². The van der Waals surface area contributed by atoms with Gasteiger partial charge in [0.1, 0.15) is 0 Å². The number of aromatic nitrogens is 2. The van der Waals surface area contributed by atoms with E-state index in [9.17, 15) is 0 Å². The molecule has 106 valence electrons. The third-order valence-electron chi connectivity index (χ3n) is 3.68. The number of fused-ring (bicyclic) bond motifs is 1. The first-order valence-corrected chi connectivity index (χ1v) is 6.93. The van der Waals surface area contributed by atoms with Gasteiger partial charge in [-0.05, 0) is 18.6 Å². The standard InChI is InChI=1S/C17H18N4/c1-12-14-8-4-5-9-15(14)17(20-19-12)21(2)11-13-7-3-6-10-16(13)18/h3-10H,11,18H2,1-2H3. The summed E-state index contributed by atoms with van der Waals surface area (Å²) < 4.78 is 0. The van der Waals surface area contributed by atoms with E-state index < -0.39 is 0 Å². The number of para-hydroxylation sites is 1. The number of nitrogens with two attached hydrogens (primary N) is 1. The lowest BCUT2D eigenvalue weighted by Gasteiger charge is -2.20. The van der Waals surface area contributed by atoms with Crippen molar-refractivity contribution in [3.05, 3.63) is 59.8 Å². The normalized spacial score (nSPS) is 10.8. The van der Waals surface area contributed by atoms with Crippen LogP contribution in [0.15, 0.2) is 48.5 Å². The Morgan fingerprint density at radius 3 is 2.38 bits per heavy atom. The van der Waals surface area contributed by atoms with Gasteiger partial charge >= 0.3 is 0 Å². The molecule has 0 fully saturated rings. The molecule has 0 amide bonds. The molecule has 0 saturated heterocycles. The predicted octanol–water partition coefficient (Wildman–Crippen LogP) is 3.16. The molecular weight excluding hydrogens is 260 g/mol. The maximum absolute atomic E-state index is 6.02. The lowest BCUT2D eigenvalue weighted by molar-refractivity contribution is 0.870. The fourth-order valence-electron chi connectivity index (χ4n) is 2.51. The average Bonchev–Trinajstić information content (AvgIpc) is 2.50. The molecule has 0 aliphatic carbocycles. The van der Waals surface area contributed by atoms with Crippen LogP contribution in [0.3, 0.4) is 0 Å². The van der Waals surface area contributed by atoms with Gasteiger partial charge in [-0.3, -0.25) is 0 Å². The zero-order valence-corrected chi connectivity index (χ0v) is 12.2. The van der Waals surface area contributed by atoms with E-state index in [0.29, 0.717) is 6.54 Å². The Hall–Kier alpha value is -2.62. The summed E-state index contributed by atoms with van der Waals surface area (Å²) in [6, 6.07) is 16.1. The summed E-state index contributed by atoms with van der Waals surface area (Å²) in [5.41, 5.74) is 8.86. The highest BCUT2D eigenvalue weighted by Gasteiger charge is 2.11. The Kier molecular flexibility index (Phi) is 3.44. The van der Waals surface area contributed by atoms with Crippen LogP contribution in [0.25, 0.3) is 10.8 Å². The van der Waals surface area contributed by atoms with Gasteiger partial charge in [0, 0.05) is 30.1 Å². The van der Waals surface area contributed by atoms with E-state index in [1.54, 1.807) is 0 Å². The van der Waals surface area contributed by atoms with Gasteiger partial charge in [-0.15, -0.1) is 5.10 Å². The number of aryl methyl sites for hydroxylation is 1. The minimum absolute atomic E-state index is 0.703. The third-order valence-corrected chi connectivity index (χ3v) is 3.68. The molecule has 0 atom stereocenters. The minimum atomic E-state index is 0.703. The van der Waals surface area contributed by atoms with Crippen molar-refractivity contribution < 1.29 is 0 Å². The highest BCUT2D eigenvalue weighted by atomic mass is 15.2. The Balaban J connectivity index is 2.01. The van der Waals surface area contributed by atoms with Crippen molar-refractivity contribution in [2.24, 2.45) is 0 Å². The average molecular weight is 278 g/mol. The number of benzene rings is 2. The molecule has 0 unspecified atom stereocenters. The van der Waals surface area contributed by atoms with Crippen molar-refractivity contribution >= 4 is 22.3 Å². The lowest BCUT2D eigenvalue weighted by atomic mass is 10.1. The van der Waals surface area contributed by atoms with Crippen LogP contribution in [0, 0.1) is 6.92 Å². The Morgan fingerprint density at radius 2 is 1.62 bits per heavy atom. The number of hydrogen-bond acceptors (Lipinski definition) is 4. The molecule has 2 aromatic carbocycles. The molecule has 1 aromatic heterocycles. The second-order valence-corrected chi connectivity index (χ2v) is 5.21. The molecule has 0 spiro atoms. The van der Waals surface area contributed by atoms with Crippen molar-refractivity contribution in [3.63, 3.8) is 0 Å². The number of rotatable bonds is 3. The first-order chi connectivity index (χ1) is 10.2. The van der Waals surface area contributed by atoms with Gasteiger partial charge < -0.3 is 10.6 Å². The number of nitrogen functional groups attached to an aromatic ring is 1. The molecular formula is C17H18N4. The van der Waals surface area contributed by atoms with Gasteiger partial charge in [-0.1, -0.05) is 42.5 Å². The van der Waals surface area contributed by atoms with E-state index in [0.717, 1.165) is 33.5 Å². The fourth-order valence-corrected chi connectivity index (χ4v) is 2.51. The number of anilines is 2. The van der Waals surface area contributed by atoms with Crippen LogP contribution in [-0.4, -0.2) is 17.2 Å². The van der Waals surface area contributed by atoms with Crippen LogP contribution < -0.4 is 10.6 Å². The molecule has 3 rings (SSSR count). The van der Waals surface area contributed by atoms with Crippen molar-refractivity contribution in [1.82, 2.24) is 10.2 Å². The van der Waals surface area contributed by atoms with E-state index in [-0.39, 0.29) is 0 Å². The monoisotopic (exact) mass is 278 g/mol. The molecule has 1 heterocycles. The summed E-state index contributed by atoms with van der Waals surface area (Å²) in [6.07, 6.45) is 0. The van der Waals surface area contributed by atoms with Crippen LogP contribution in [0.2, 0.25) is 0 Å². The zero-order chi connectivity index (χ0) is 14.8. The predicted molar refractivity (Wildman–Crippen MR) is 87.2 cm³/mol. The summed E-state index contributed by atoms with van der Waals surface area (Å²) in [5.74, 6) is 0.874. The molecule has 0 aliphatic heterocycles. The number of hydrogen-bond donors (Lipinski definition) is 1. The fraction of sp³-hybridized carbons (Fsp3) is 0.176. The van der Waals surface area contributed by atoms with E-state index in [1.807, 2.05) is 50.4 Å². The summed E-state index contributed by atoms with van der Waals surface area (Å²) in [6.45, 7) is 2.68. The van der Waals surface area contributed by atoms with E-state index >= 15 is 0 Å². The zero-order valence-electron chi connectivity index (χ0n) is 12.2. The molecule has 0 saturated carbocycles. The molecule has 21 heavy (non-hydrogen) atoms. The van der Waals surface area contributed by atoms with Crippen molar-refractivity contribution in [3.8, 4) is 0 Å². The van der Waals surface area contributed by atoms with E-state index in [1.165, 1.54) is 0 Å². The van der Waals surface area contributed by atoms with Crippen LogP contribution in [-0.2, 0) is 6.54 Å². The molecule has 4 heteroatoms. The highest BCUT2D eigenvalue weighted by Crippen LogP contribution is 2.26. The molecule has 4 nitrogen and oxygen atoms in total. The molecule has 0 radical (unpaired) electrons. The first-order valence-electron chi connectivity index (χ1n) is 6.93. The molecule has 0 aliphatic rings. The first kappa shape index (κ1) is 13.4. The maximum atomic E-state index is 6.02. The maximum Gasteiger partial charge on any atom is 0.159 e. The SMILES string of the molecule is Cc1nnc(N(C)Cc2ccccc2N)c2ccccc12. The van der Waals surface area contributed by atoms with Gasteiger partial charge in [0.15, 0.2) is 5.82 Å². The summed E-state index contributed by atoms with van der Waals surface area (Å²) in [5, 5.41) is 10.9. The van der Waals surface area contributed by atoms with Crippen LogP contribution in [0.4, 0.5) is 11.5 Å². The second-order valence-electron chi connectivity index (χ2n) is 5.21. The largest absolute Gasteiger partial charge is 0.398 e. The van der Waals surface area contributed by atoms with Crippen LogP contribution in [0.1, 0.15) is 11.3 Å². The topological polar surface area (TPSA) is 55.0 Å². The minimum Gasteiger partial charge on any atom is -0.398 e. The smallest absolute Gasteiger partial charge is 0.159 e. The van der Waals surface area contributed by atoms with Crippen molar-refractivity contribution in [2.45, 2.75) is 13.5 Å². The Morgan fingerprint density at radius 1 is 0.952 bits per heavy atom. The highest BCUT2D eigenvalue weighted by molar-refractivity contribution is 5.93. The number of nitrogens with zero attached hydrogens (tertiary/aromatic N) is 3. The van der Waals surface area contributed by atoms with Gasteiger partial charge in [0.2, 0.25) is 0 Å². The summed E-state index contributed by atoms with van der Waals surface area (Å²) >= 11 is 0. The summed E-state index contributed by atoms with van der Waals surface area (Å²) in [7, 11) is 2.01. The summed E-state index contributed by atoms with van der Waals surface area (Å²) in [4.78, 5) is 2.08. The van der Waals surface area contributed by atoms with Crippen molar-refractivity contribution in [1.29, 1.82) is 0 Å². The van der Waals surface area contributed by atoms with Gasteiger partial charge in [-0.2, -0.15) is 5.10 Å². The quantitative estimate of drug-likeness (QED) is 0.748. The second kappa shape index (κ2) is 5.40. The van der Waals surface area contributed by atoms with Crippen molar-refractivity contribution in [2.75, 3.05) is 17.7 Å².